The van der Waals surface area contributed by atoms with Crippen molar-refractivity contribution in [2.24, 2.45) is 0 Å². The van der Waals surface area contributed by atoms with Crippen LogP contribution in [0.25, 0.3) is 22.1 Å². The molecule has 2 aromatic heterocycles. The fourth-order valence-electron chi connectivity index (χ4n) is 3.80. The number of benzene rings is 2. The summed E-state index contributed by atoms with van der Waals surface area (Å²) in [4.78, 5) is 17.7. The maximum atomic E-state index is 12.9. The van der Waals surface area contributed by atoms with Gasteiger partial charge in [0.2, 0.25) is 11.1 Å². The fraction of sp³-hybridized carbons (Fsp3) is 0.333. The number of para-hydroxylation sites is 1. The molecule has 7 heteroatoms. The SMILES string of the molecule is CCC(Sc1nnc2c3ccccc3n(C(C)C)c2n1)C(=O)NC(C)c1ccccc1. The number of hydrogen-bond acceptors (Lipinski definition) is 5. The van der Waals surface area contributed by atoms with Gasteiger partial charge in [0.25, 0.3) is 0 Å². The van der Waals surface area contributed by atoms with Crippen molar-refractivity contribution in [3.63, 3.8) is 0 Å². The quantitative estimate of drug-likeness (QED) is 0.400. The molecule has 4 rings (SSSR count). The van der Waals surface area contributed by atoms with E-state index < -0.39 is 0 Å². The van der Waals surface area contributed by atoms with Gasteiger partial charge in [0.15, 0.2) is 5.65 Å². The number of nitrogens with one attached hydrogen (secondary N) is 1. The summed E-state index contributed by atoms with van der Waals surface area (Å²) >= 11 is 1.37. The van der Waals surface area contributed by atoms with E-state index in [-0.39, 0.29) is 23.2 Å². The molecule has 1 amide bonds. The Morgan fingerprint density at radius 1 is 1.03 bits per heavy atom. The highest BCUT2D eigenvalue weighted by atomic mass is 32.2. The number of amides is 1. The van der Waals surface area contributed by atoms with E-state index in [1.807, 2.05) is 62.4 Å². The zero-order chi connectivity index (χ0) is 22.0. The Bertz CT molecular complexity index is 1200. The average molecular weight is 434 g/mol. The molecule has 6 nitrogen and oxygen atoms in total. The van der Waals surface area contributed by atoms with Gasteiger partial charge in [0, 0.05) is 11.4 Å². The van der Waals surface area contributed by atoms with Crippen molar-refractivity contribution in [2.45, 2.75) is 56.6 Å². The van der Waals surface area contributed by atoms with E-state index in [0.717, 1.165) is 27.6 Å². The lowest BCUT2D eigenvalue weighted by Gasteiger charge is -2.19. The smallest absolute Gasteiger partial charge is 0.234 e. The van der Waals surface area contributed by atoms with Gasteiger partial charge < -0.3 is 9.88 Å². The van der Waals surface area contributed by atoms with E-state index in [1.165, 1.54) is 11.8 Å². The molecule has 0 radical (unpaired) electrons. The molecule has 0 fully saturated rings. The molecular weight excluding hydrogens is 406 g/mol. The van der Waals surface area contributed by atoms with E-state index in [2.05, 4.69) is 40.0 Å². The zero-order valence-corrected chi connectivity index (χ0v) is 19.1. The lowest BCUT2D eigenvalue weighted by Crippen LogP contribution is -2.34. The first kappa shape index (κ1) is 21.3. The molecule has 0 aliphatic rings. The van der Waals surface area contributed by atoms with E-state index in [0.29, 0.717) is 11.6 Å². The Balaban J connectivity index is 1.60. The molecule has 160 valence electrons. The van der Waals surface area contributed by atoms with Gasteiger partial charge in [-0.1, -0.05) is 67.2 Å². The summed E-state index contributed by atoms with van der Waals surface area (Å²) in [6.07, 6.45) is 0.673. The zero-order valence-electron chi connectivity index (χ0n) is 18.2. The Morgan fingerprint density at radius 3 is 2.45 bits per heavy atom. The van der Waals surface area contributed by atoms with Crippen molar-refractivity contribution >= 4 is 39.7 Å². The summed E-state index contributed by atoms with van der Waals surface area (Å²) in [5.74, 6) is -0.0167. The molecule has 0 saturated heterocycles. The summed E-state index contributed by atoms with van der Waals surface area (Å²) in [6, 6.07) is 18.3. The monoisotopic (exact) mass is 433 g/mol. The van der Waals surface area contributed by atoms with Crippen LogP contribution in [0.1, 0.15) is 51.8 Å². The largest absolute Gasteiger partial charge is 0.349 e. The second-order valence-electron chi connectivity index (χ2n) is 7.90. The number of carbonyl (C=O) groups excluding carboxylic acids is 1. The van der Waals surface area contributed by atoms with Crippen LogP contribution in [-0.2, 0) is 4.79 Å². The molecule has 0 aliphatic heterocycles. The third kappa shape index (κ3) is 4.28. The van der Waals surface area contributed by atoms with E-state index in [4.69, 9.17) is 4.98 Å². The van der Waals surface area contributed by atoms with Gasteiger partial charge >= 0.3 is 0 Å². The summed E-state index contributed by atoms with van der Waals surface area (Å²) in [5.41, 5.74) is 3.78. The van der Waals surface area contributed by atoms with Crippen LogP contribution in [0.3, 0.4) is 0 Å². The molecule has 2 aromatic carbocycles. The van der Waals surface area contributed by atoms with Crippen LogP contribution in [0.2, 0.25) is 0 Å². The van der Waals surface area contributed by atoms with Crippen LogP contribution in [0.5, 0.6) is 0 Å². The highest BCUT2D eigenvalue weighted by molar-refractivity contribution is 8.00. The molecule has 2 unspecified atom stereocenters. The topological polar surface area (TPSA) is 72.7 Å². The minimum atomic E-state index is -0.290. The maximum Gasteiger partial charge on any atom is 0.234 e. The summed E-state index contributed by atoms with van der Waals surface area (Å²) in [7, 11) is 0. The van der Waals surface area contributed by atoms with Gasteiger partial charge in [-0.25, -0.2) is 4.98 Å². The van der Waals surface area contributed by atoms with Crippen LogP contribution in [0.4, 0.5) is 0 Å². The number of aromatic nitrogens is 4. The molecule has 2 atom stereocenters. The third-order valence-corrected chi connectivity index (χ3v) is 6.60. The maximum absolute atomic E-state index is 12.9. The molecule has 0 saturated carbocycles. The highest BCUT2D eigenvalue weighted by Gasteiger charge is 2.23. The normalized spacial score (nSPS) is 13.6. The van der Waals surface area contributed by atoms with Gasteiger partial charge in [0.05, 0.1) is 16.8 Å². The predicted molar refractivity (Wildman–Crippen MR) is 126 cm³/mol. The second-order valence-corrected chi connectivity index (χ2v) is 9.07. The van der Waals surface area contributed by atoms with Crippen molar-refractivity contribution in [3.05, 3.63) is 60.2 Å². The van der Waals surface area contributed by atoms with Crippen LogP contribution >= 0.6 is 11.8 Å². The Hall–Kier alpha value is -2.93. The van der Waals surface area contributed by atoms with E-state index >= 15 is 0 Å². The Labute approximate surface area is 186 Å². The van der Waals surface area contributed by atoms with Crippen LogP contribution in [0, 0.1) is 0 Å². The minimum absolute atomic E-state index is 0.0167. The Morgan fingerprint density at radius 2 is 1.74 bits per heavy atom. The van der Waals surface area contributed by atoms with Gasteiger partial charge in [0.1, 0.15) is 5.52 Å². The van der Waals surface area contributed by atoms with Crippen molar-refractivity contribution < 1.29 is 4.79 Å². The van der Waals surface area contributed by atoms with Gasteiger partial charge in [-0.2, -0.15) is 0 Å². The number of nitrogens with zero attached hydrogens (tertiary/aromatic N) is 4. The standard InChI is InChI=1S/C24H27N5OS/c1-5-20(23(30)25-16(4)17-11-7-6-8-12-17)31-24-26-22-21(27-28-24)18-13-9-10-14-19(18)29(22)15(2)3/h6-16,20H,5H2,1-4H3,(H,25,30). The molecule has 31 heavy (non-hydrogen) atoms. The van der Waals surface area contributed by atoms with Gasteiger partial charge in [-0.15, -0.1) is 10.2 Å². The van der Waals surface area contributed by atoms with Crippen molar-refractivity contribution in [1.82, 2.24) is 25.1 Å². The Kier molecular flexibility index (Phi) is 6.23. The summed E-state index contributed by atoms with van der Waals surface area (Å²) in [6.45, 7) is 8.26. The molecule has 1 N–H and O–H groups in total. The predicted octanol–water partition coefficient (Wildman–Crippen LogP) is 5.31. The van der Waals surface area contributed by atoms with Crippen molar-refractivity contribution in [2.75, 3.05) is 0 Å². The van der Waals surface area contributed by atoms with Crippen LogP contribution < -0.4 is 5.32 Å². The molecular formula is C24H27N5OS. The number of thioether (sulfide) groups is 1. The first-order valence-electron chi connectivity index (χ1n) is 10.6. The van der Waals surface area contributed by atoms with Crippen LogP contribution in [-0.4, -0.2) is 30.9 Å². The van der Waals surface area contributed by atoms with E-state index in [9.17, 15) is 4.79 Å². The number of fused-ring (bicyclic) bond motifs is 3. The highest BCUT2D eigenvalue weighted by Crippen LogP contribution is 2.31. The molecule has 0 spiro atoms. The fourth-order valence-corrected chi connectivity index (χ4v) is 4.62. The van der Waals surface area contributed by atoms with Crippen molar-refractivity contribution in [3.8, 4) is 0 Å². The minimum Gasteiger partial charge on any atom is -0.349 e. The van der Waals surface area contributed by atoms with E-state index in [1.54, 1.807) is 0 Å². The number of rotatable bonds is 7. The lowest BCUT2D eigenvalue weighted by molar-refractivity contribution is -0.121. The molecule has 0 bridgehead atoms. The summed E-state index contributed by atoms with van der Waals surface area (Å²) < 4.78 is 2.18. The number of carbonyl (C=O) groups is 1. The van der Waals surface area contributed by atoms with Crippen LogP contribution in [0.15, 0.2) is 59.8 Å². The first-order valence-corrected chi connectivity index (χ1v) is 11.5. The summed E-state index contributed by atoms with van der Waals surface area (Å²) in [5, 5.41) is 13.2. The third-order valence-electron chi connectivity index (χ3n) is 5.38. The number of hydrogen-bond donors (Lipinski definition) is 1. The molecule has 4 aromatic rings. The molecule has 2 heterocycles. The molecule has 0 aliphatic carbocycles. The average Bonchev–Trinajstić information content (AvgIpc) is 3.11. The van der Waals surface area contributed by atoms with Gasteiger partial charge in [-0.05, 0) is 38.8 Å². The lowest BCUT2D eigenvalue weighted by atomic mass is 10.1. The van der Waals surface area contributed by atoms with Gasteiger partial charge in [-0.3, -0.25) is 4.79 Å². The second kappa shape index (κ2) is 9.06. The first-order chi connectivity index (χ1) is 15.0. The van der Waals surface area contributed by atoms with Crippen molar-refractivity contribution in [1.29, 1.82) is 0 Å².